The van der Waals surface area contributed by atoms with Crippen LogP contribution in [-0.2, 0) is 10.1 Å². The molecule has 1 aliphatic carbocycles. The van der Waals surface area contributed by atoms with Crippen molar-refractivity contribution in [2.45, 2.75) is 31.7 Å². The van der Waals surface area contributed by atoms with E-state index in [9.17, 15) is 13.2 Å². The number of carbonyl (C=O) groups excluding carboxylic acids is 1. The summed E-state index contributed by atoms with van der Waals surface area (Å²) in [5, 5.41) is 6.37. The van der Waals surface area contributed by atoms with Gasteiger partial charge >= 0.3 is 10.1 Å². The SMILES string of the molecule is CN(C)c1cc(Nc2ncc(C(N)=O)c(NC3CCCC3)n2)ccc1OS(C)(=O)=O. The molecule has 1 heterocycles. The summed E-state index contributed by atoms with van der Waals surface area (Å²) >= 11 is 0. The summed E-state index contributed by atoms with van der Waals surface area (Å²) < 4.78 is 28.0. The van der Waals surface area contributed by atoms with Gasteiger partial charge in [-0.1, -0.05) is 12.8 Å². The fraction of sp³-hybridized carbons (Fsp3) is 0.421. The highest BCUT2D eigenvalue weighted by atomic mass is 32.2. The van der Waals surface area contributed by atoms with Crippen molar-refractivity contribution in [1.82, 2.24) is 9.97 Å². The van der Waals surface area contributed by atoms with Crippen molar-refractivity contribution in [2.75, 3.05) is 35.9 Å². The maximum absolute atomic E-state index is 11.7. The summed E-state index contributed by atoms with van der Waals surface area (Å²) in [5.74, 6) is 0.291. The third kappa shape index (κ3) is 5.50. The molecule has 0 atom stereocenters. The molecular weight excluding hydrogens is 408 g/mol. The maximum atomic E-state index is 11.7. The molecule has 0 aliphatic heterocycles. The van der Waals surface area contributed by atoms with Gasteiger partial charge < -0.3 is 25.5 Å². The van der Waals surface area contributed by atoms with Crippen LogP contribution in [0.25, 0.3) is 0 Å². The zero-order valence-corrected chi connectivity index (χ0v) is 18.0. The summed E-state index contributed by atoms with van der Waals surface area (Å²) in [4.78, 5) is 22.1. The Bertz CT molecular complexity index is 1040. The fourth-order valence-electron chi connectivity index (χ4n) is 3.30. The molecule has 2 aromatic rings. The number of hydrogen-bond acceptors (Lipinski definition) is 9. The molecule has 0 saturated heterocycles. The van der Waals surface area contributed by atoms with Gasteiger partial charge in [0.15, 0.2) is 5.75 Å². The highest BCUT2D eigenvalue weighted by Gasteiger charge is 2.20. The minimum Gasteiger partial charge on any atom is -0.380 e. The molecule has 1 aromatic heterocycles. The molecule has 0 bridgehead atoms. The molecule has 1 fully saturated rings. The number of rotatable bonds is 8. The van der Waals surface area contributed by atoms with Crippen LogP contribution in [0.4, 0.5) is 23.1 Å². The van der Waals surface area contributed by atoms with E-state index in [0.29, 0.717) is 17.2 Å². The van der Waals surface area contributed by atoms with Gasteiger partial charge in [0, 0.05) is 32.0 Å². The lowest BCUT2D eigenvalue weighted by molar-refractivity contribution is 0.100. The molecule has 1 amide bonds. The van der Waals surface area contributed by atoms with E-state index in [1.807, 2.05) is 0 Å². The molecule has 162 valence electrons. The van der Waals surface area contributed by atoms with Crippen LogP contribution in [0.1, 0.15) is 36.0 Å². The van der Waals surface area contributed by atoms with E-state index >= 15 is 0 Å². The smallest absolute Gasteiger partial charge is 0.306 e. The van der Waals surface area contributed by atoms with E-state index < -0.39 is 16.0 Å². The molecule has 10 nitrogen and oxygen atoms in total. The highest BCUT2D eigenvalue weighted by Crippen LogP contribution is 2.32. The first-order chi connectivity index (χ1) is 14.1. The second-order valence-electron chi connectivity index (χ2n) is 7.44. The zero-order chi connectivity index (χ0) is 21.9. The molecule has 1 saturated carbocycles. The molecule has 0 spiro atoms. The lowest BCUT2D eigenvalue weighted by atomic mass is 10.2. The van der Waals surface area contributed by atoms with E-state index in [0.717, 1.165) is 31.9 Å². The Labute approximate surface area is 176 Å². The van der Waals surface area contributed by atoms with Crippen molar-refractivity contribution >= 4 is 39.2 Å². The van der Waals surface area contributed by atoms with Crippen molar-refractivity contribution in [1.29, 1.82) is 0 Å². The van der Waals surface area contributed by atoms with E-state index in [1.165, 1.54) is 6.20 Å². The number of aromatic nitrogens is 2. The van der Waals surface area contributed by atoms with Crippen LogP contribution in [-0.4, -0.2) is 50.7 Å². The minimum absolute atomic E-state index is 0.210. The van der Waals surface area contributed by atoms with E-state index in [-0.39, 0.29) is 23.3 Å². The Morgan fingerprint density at radius 3 is 2.57 bits per heavy atom. The van der Waals surface area contributed by atoms with Gasteiger partial charge in [0.2, 0.25) is 5.95 Å². The summed E-state index contributed by atoms with van der Waals surface area (Å²) in [5.41, 5.74) is 6.88. The molecule has 1 aliphatic rings. The monoisotopic (exact) mass is 434 g/mol. The van der Waals surface area contributed by atoms with Gasteiger partial charge in [0.25, 0.3) is 5.91 Å². The van der Waals surface area contributed by atoms with E-state index in [4.69, 9.17) is 9.92 Å². The lowest BCUT2D eigenvalue weighted by Crippen LogP contribution is -2.21. The van der Waals surface area contributed by atoms with Crippen molar-refractivity contribution in [3.63, 3.8) is 0 Å². The van der Waals surface area contributed by atoms with Crippen LogP contribution in [0.15, 0.2) is 24.4 Å². The number of amides is 1. The second kappa shape index (κ2) is 8.74. The van der Waals surface area contributed by atoms with Crippen LogP contribution in [0, 0.1) is 0 Å². The van der Waals surface area contributed by atoms with Crippen LogP contribution in [0.3, 0.4) is 0 Å². The number of anilines is 4. The molecule has 0 unspecified atom stereocenters. The topological polar surface area (TPSA) is 140 Å². The quantitative estimate of drug-likeness (QED) is 0.533. The molecule has 0 radical (unpaired) electrons. The number of nitrogens with one attached hydrogen (secondary N) is 2. The van der Waals surface area contributed by atoms with Gasteiger partial charge in [-0.15, -0.1) is 0 Å². The molecule has 4 N–H and O–H groups in total. The van der Waals surface area contributed by atoms with Crippen molar-refractivity contribution in [3.05, 3.63) is 30.0 Å². The molecule has 3 rings (SSSR count). The van der Waals surface area contributed by atoms with Crippen molar-refractivity contribution in [2.24, 2.45) is 5.73 Å². The third-order valence-corrected chi connectivity index (χ3v) is 5.17. The standard InChI is InChI=1S/C19H26N6O4S/c1-25(2)15-10-13(8-9-16(15)29-30(3,27)28)23-19-21-11-14(17(20)26)18(24-19)22-12-6-4-5-7-12/h8-12H,4-7H2,1-3H3,(H2,20,26)(H2,21,22,23,24). The average Bonchev–Trinajstić information content (AvgIpc) is 3.14. The first kappa shape index (κ1) is 21.6. The number of hydrogen-bond donors (Lipinski definition) is 3. The molecule has 11 heteroatoms. The summed E-state index contributed by atoms with van der Waals surface area (Å²) in [6, 6.07) is 5.17. The second-order valence-corrected chi connectivity index (χ2v) is 9.01. The van der Waals surface area contributed by atoms with Gasteiger partial charge in [-0.3, -0.25) is 4.79 Å². The largest absolute Gasteiger partial charge is 0.380 e. The zero-order valence-electron chi connectivity index (χ0n) is 17.2. The first-order valence-electron chi connectivity index (χ1n) is 9.53. The average molecular weight is 435 g/mol. The summed E-state index contributed by atoms with van der Waals surface area (Å²) in [7, 11) is -0.111. The Kier molecular flexibility index (Phi) is 6.30. The summed E-state index contributed by atoms with van der Waals surface area (Å²) in [6.45, 7) is 0. The van der Waals surface area contributed by atoms with Crippen LogP contribution < -0.4 is 25.5 Å². The number of carbonyl (C=O) groups is 1. The maximum Gasteiger partial charge on any atom is 0.306 e. The van der Waals surface area contributed by atoms with Gasteiger partial charge in [-0.05, 0) is 31.0 Å². The van der Waals surface area contributed by atoms with Crippen LogP contribution in [0.5, 0.6) is 5.75 Å². The Morgan fingerprint density at radius 2 is 1.97 bits per heavy atom. The molecular formula is C19H26N6O4S. The minimum atomic E-state index is -3.66. The third-order valence-electron chi connectivity index (χ3n) is 4.69. The Morgan fingerprint density at radius 1 is 1.27 bits per heavy atom. The van der Waals surface area contributed by atoms with Gasteiger partial charge in [0.1, 0.15) is 5.82 Å². The van der Waals surface area contributed by atoms with Gasteiger partial charge in [-0.2, -0.15) is 13.4 Å². The predicted molar refractivity (Wildman–Crippen MR) is 116 cm³/mol. The van der Waals surface area contributed by atoms with Crippen LogP contribution >= 0.6 is 0 Å². The summed E-state index contributed by atoms with van der Waals surface area (Å²) in [6.07, 6.45) is 6.68. The van der Waals surface area contributed by atoms with Gasteiger partial charge in [0.05, 0.1) is 17.5 Å². The van der Waals surface area contributed by atoms with Crippen molar-refractivity contribution in [3.8, 4) is 5.75 Å². The number of nitrogens with two attached hydrogens (primary N) is 1. The lowest BCUT2D eigenvalue weighted by Gasteiger charge is -2.19. The first-order valence-corrected chi connectivity index (χ1v) is 11.4. The number of nitrogens with zero attached hydrogens (tertiary/aromatic N) is 3. The van der Waals surface area contributed by atoms with E-state index in [2.05, 4.69) is 20.6 Å². The predicted octanol–water partition coefficient (Wildman–Crippen LogP) is 2.08. The molecule has 30 heavy (non-hydrogen) atoms. The van der Waals surface area contributed by atoms with Crippen LogP contribution in [0.2, 0.25) is 0 Å². The fourth-order valence-corrected chi connectivity index (χ4v) is 3.77. The number of benzene rings is 1. The van der Waals surface area contributed by atoms with Crippen molar-refractivity contribution < 1.29 is 17.4 Å². The number of primary amides is 1. The Balaban J connectivity index is 1.87. The Hall–Kier alpha value is -3.08. The molecule has 1 aromatic carbocycles. The van der Waals surface area contributed by atoms with Gasteiger partial charge in [-0.25, -0.2) is 4.98 Å². The highest BCUT2D eigenvalue weighted by molar-refractivity contribution is 7.86. The van der Waals surface area contributed by atoms with E-state index in [1.54, 1.807) is 37.2 Å². The normalized spacial score (nSPS) is 14.4.